The van der Waals surface area contributed by atoms with Crippen LogP contribution in [0.1, 0.15) is 37.0 Å². The van der Waals surface area contributed by atoms with E-state index in [1.54, 1.807) is 18.2 Å². The van der Waals surface area contributed by atoms with Crippen LogP contribution in [0.25, 0.3) is 0 Å². The van der Waals surface area contributed by atoms with Crippen molar-refractivity contribution < 1.29 is 19.1 Å². The molecule has 1 atom stereocenters. The number of rotatable bonds is 7. The summed E-state index contributed by atoms with van der Waals surface area (Å²) in [6.07, 6.45) is 0.683. The van der Waals surface area contributed by atoms with E-state index in [4.69, 9.17) is 9.47 Å². The van der Waals surface area contributed by atoms with Crippen LogP contribution in [0.3, 0.4) is 0 Å². The Hall–Kier alpha value is -1.84. The molecule has 0 saturated heterocycles. The number of carbonyl (C=O) groups excluding carboxylic acids is 2. The SMILES string of the molecule is CCC(C)C(=O)CC(=O)c1ccc(OC)c(OC)c1. The zero-order valence-corrected chi connectivity index (χ0v) is 11.9. The molecule has 4 heteroatoms. The third kappa shape index (κ3) is 3.81. The highest BCUT2D eigenvalue weighted by Crippen LogP contribution is 2.28. The Morgan fingerprint density at radius 1 is 1.16 bits per heavy atom. The van der Waals surface area contributed by atoms with Gasteiger partial charge in [-0.05, 0) is 24.6 Å². The van der Waals surface area contributed by atoms with E-state index >= 15 is 0 Å². The van der Waals surface area contributed by atoms with Gasteiger partial charge in [0.2, 0.25) is 0 Å². The van der Waals surface area contributed by atoms with E-state index in [1.807, 2.05) is 13.8 Å². The second-order valence-electron chi connectivity index (χ2n) is 4.45. The Kier molecular flexibility index (Phi) is 5.55. The topological polar surface area (TPSA) is 52.6 Å². The van der Waals surface area contributed by atoms with Gasteiger partial charge in [-0.1, -0.05) is 13.8 Å². The summed E-state index contributed by atoms with van der Waals surface area (Å²) >= 11 is 0. The minimum Gasteiger partial charge on any atom is -0.493 e. The number of ketones is 2. The van der Waals surface area contributed by atoms with Crippen molar-refractivity contribution in [1.29, 1.82) is 0 Å². The van der Waals surface area contributed by atoms with Gasteiger partial charge in [0.05, 0.1) is 20.6 Å². The van der Waals surface area contributed by atoms with E-state index in [0.717, 1.165) is 6.42 Å². The highest BCUT2D eigenvalue weighted by molar-refractivity contribution is 6.08. The number of methoxy groups -OCH3 is 2. The van der Waals surface area contributed by atoms with Crippen molar-refractivity contribution in [2.75, 3.05) is 14.2 Å². The van der Waals surface area contributed by atoms with E-state index in [2.05, 4.69) is 0 Å². The number of hydrogen-bond donors (Lipinski definition) is 0. The lowest BCUT2D eigenvalue weighted by Gasteiger charge is -2.10. The number of benzene rings is 1. The van der Waals surface area contributed by atoms with Gasteiger partial charge in [0.25, 0.3) is 0 Å². The standard InChI is InChI=1S/C15H20O4/c1-5-10(2)12(16)9-13(17)11-6-7-14(18-3)15(8-11)19-4/h6-8,10H,5,9H2,1-4H3. The second kappa shape index (κ2) is 6.92. The lowest BCUT2D eigenvalue weighted by atomic mass is 9.96. The van der Waals surface area contributed by atoms with Crippen LogP contribution in [0.5, 0.6) is 11.5 Å². The van der Waals surface area contributed by atoms with Gasteiger partial charge in [0.15, 0.2) is 17.3 Å². The first-order chi connectivity index (χ1) is 9.03. The van der Waals surface area contributed by atoms with Crippen molar-refractivity contribution in [2.45, 2.75) is 26.7 Å². The molecule has 0 fully saturated rings. The molecule has 1 aromatic carbocycles. The minimum absolute atomic E-state index is 0.0257. The first-order valence-electron chi connectivity index (χ1n) is 6.31. The molecule has 104 valence electrons. The highest BCUT2D eigenvalue weighted by atomic mass is 16.5. The average Bonchev–Trinajstić information content (AvgIpc) is 2.45. The minimum atomic E-state index is -0.189. The lowest BCUT2D eigenvalue weighted by molar-refractivity contribution is -0.121. The van der Waals surface area contributed by atoms with E-state index in [0.29, 0.717) is 17.1 Å². The molecule has 1 rings (SSSR count). The molecule has 0 spiro atoms. The smallest absolute Gasteiger partial charge is 0.170 e. The molecule has 1 unspecified atom stereocenters. The van der Waals surface area contributed by atoms with Gasteiger partial charge in [-0.2, -0.15) is 0 Å². The maximum absolute atomic E-state index is 12.0. The van der Waals surface area contributed by atoms with E-state index in [-0.39, 0.29) is 23.9 Å². The molecule has 4 nitrogen and oxygen atoms in total. The number of hydrogen-bond acceptors (Lipinski definition) is 4. The zero-order valence-electron chi connectivity index (χ0n) is 11.9. The van der Waals surface area contributed by atoms with Crippen LogP contribution in [0, 0.1) is 5.92 Å². The van der Waals surface area contributed by atoms with Gasteiger partial charge in [-0.25, -0.2) is 0 Å². The predicted octanol–water partition coefficient (Wildman–Crippen LogP) is 2.89. The van der Waals surface area contributed by atoms with E-state index in [1.165, 1.54) is 14.2 Å². The number of ether oxygens (including phenoxy) is 2. The van der Waals surface area contributed by atoms with Gasteiger partial charge < -0.3 is 9.47 Å². The fourth-order valence-corrected chi connectivity index (χ4v) is 1.67. The second-order valence-corrected chi connectivity index (χ2v) is 4.45. The third-order valence-electron chi connectivity index (χ3n) is 3.20. The molecule has 0 radical (unpaired) electrons. The Morgan fingerprint density at radius 2 is 1.79 bits per heavy atom. The molecule has 0 aliphatic rings. The van der Waals surface area contributed by atoms with Gasteiger partial charge in [0.1, 0.15) is 5.78 Å². The fourth-order valence-electron chi connectivity index (χ4n) is 1.67. The lowest BCUT2D eigenvalue weighted by Crippen LogP contribution is -2.15. The van der Waals surface area contributed by atoms with Crippen molar-refractivity contribution in [3.63, 3.8) is 0 Å². The van der Waals surface area contributed by atoms with Crippen molar-refractivity contribution in [3.8, 4) is 11.5 Å². The summed E-state index contributed by atoms with van der Waals surface area (Å²) in [7, 11) is 3.04. The fraction of sp³-hybridized carbons (Fsp3) is 0.467. The van der Waals surface area contributed by atoms with Crippen LogP contribution in [0.4, 0.5) is 0 Å². The molecule has 0 aliphatic carbocycles. The normalized spacial score (nSPS) is 11.8. The number of Topliss-reactive ketones (excluding diaryl/α,β-unsaturated/α-hetero) is 2. The van der Waals surface area contributed by atoms with Gasteiger partial charge in [-0.15, -0.1) is 0 Å². The first kappa shape index (κ1) is 15.2. The zero-order chi connectivity index (χ0) is 14.4. The average molecular weight is 264 g/mol. The van der Waals surface area contributed by atoms with Crippen molar-refractivity contribution >= 4 is 11.6 Å². The Labute approximate surface area is 113 Å². The molecule has 0 heterocycles. The van der Waals surface area contributed by atoms with Crippen LogP contribution >= 0.6 is 0 Å². The molecule has 0 N–H and O–H groups in total. The molecule has 0 bridgehead atoms. The molecule has 0 saturated carbocycles. The van der Waals surface area contributed by atoms with Gasteiger partial charge in [-0.3, -0.25) is 9.59 Å². The monoisotopic (exact) mass is 264 g/mol. The predicted molar refractivity (Wildman–Crippen MR) is 73.0 cm³/mol. The number of carbonyl (C=O) groups is 2. The summed E-state index contributed by atoms with van der Waals surface area (Å²) in [5.41, 5.74) is 0.467. The van der Waals surface area contributed by atoms with E-state index < -0.39 is 0 Å². The molecule has 0 aromatic heterocycles. The van der Waals surface area contributed by atoms with Crippen molar-refractivity contribution in [2.24, 2.45) is 5.92 Å². The summed E-state index contributed by atoms with van der Waals surface area (Å²) in [4.78, 5) is 23.8. The van der Waals surface area contributed by atoms with E-state index in [9.17, 15) is 9.59 Å². The van der Waals surface area contributed by atoms with Crippen LogP contribution in [0.15, 0.2) is 18.2 Å². The van der Waals surface area contributed by atoms with Gasteiger partial charge >= 0.3 is 0 Å². The molecule has 1 aromatic rings. The summed E-state index contributed by atoms with van der Waals surface area (Å²) in [5.74, 6) is 0.759. The third-order valence-corrected chi connectivity index (χ3v) is 3.20. The molecule has 0 aliphatic heterocycles. The summed E-state index contributed by atoms with van der Waals surface area (Å²) in [6.45, 7) is 3.77. The Morgan fingerprint density at radius 3 is 2.32 bits per heavy atom. The van der Waals surface area contributed by atoms with Crippen molar-refractivity contribution in [3.05, 3.63) is 23.8 Å². The van der Waals surface area contributed by atoms with Crippen LogP contribution in [-0.2, 0) is 4.79 Å². The molecule has 0 amide bonds. The summed E-state index contributed by atoms with van der Waals surface area (Å²) in [5, 5.41) is 0. The summed E-state index contributed by atoms with van der Waals surface area (Å²) in [6, 6.07) is 4.92. The van der Waals surface area contributed by atoms with Crippen molar-refractivity contribution in [1.82, 2.24) is 0 Å². The van der Waals surface area contributed by atoms with Crippen LogP contribution in [-0.4, -0.2) is 25.8 Å². The van der Waals surface area contributed by atoms with Crippen LogP contribution in [0.2, 0.25) is 0 Å². The quantitative estimate of drug-likeness (QED) is 0.561. The Bertz CT molecular complexity index is 465. The molecular weight excluding hydrogens is 244 g/mol. The summed E-state index contributed by atoms with van der Waals surface area (Å²) < 4.78 is 10.2. The van der Waals surface area contributed by atoms with Gasteiger partial charge in [0, 0.05) is 11.5 Å². The Balaban J connectivity index is 2.86. The van der Waals surface area contributed by atoms with Crippen LogP contribution < -0.4 is 9.47 Å². The largest absolute Gasteiger partial charge is 0.493 e. The molecular formula is C15H20O4. The highest BCUT2D eigenvalue weighted by Gasteiger charge is 2.17. The maximum Gasteiger partial charge on any atom is 0.170 e. The molecule has 19 heavy (non-hydrogen) atoms. The maximum atomic E-state index is 12.0. The first-order valence-corrected chi connectivity index (χ1v) is 6.31.